The fourth-order valence-electron chi connectivity index (χ4n) is 5.62. The van der Waals surface area contributed by atoms with E-state index in [1.54, 1.807) is 0 Å². The summed E-state index contributed by atoms with van der Waals surface area (Å²) < 4.78 is 18.4. The molecule has 2 aromatic rings. The average molecular weight is 376 g/mol. The van der Waals surface area contributed by atoms with E-state index >= 15 is 0 Å². The summed E-state index contributed by atoms with van der Waals surface area (Å²) in [5, 5.41) is 1.13. The summed E-state index contributed by atoms with van der Waals surface area (Å²) in [6, 6.07) is 8.08. The van der Waals surface area contributed by atoms with Gasteiger partial charge in [-0.05, 0) is 55.1 Å². The molecule has 4 fully saturated rings. The quantitative estimate of drug-likeness (QED) is 0.824. The SMILES string of the molecule is CC1(C)[C@@H]2C[C@H]3OB([C@@H](N)Cc4coc5ccccc45)O[C@@]3(C)[C@H]1C2.Cl. The molecule has 6 rings (SSSR count). The van der Waals surface area contributed by atoms with Gasteiger partial charge in [-0.3, -0.25) is 0 Å². The highest BCUT2D eigenvalue weighted by Crippen LogP contribution is 2.65. The second-order valence-electron chi connectivity index (χ2n) is 8.96. The van der Waals surface area contributed by atoms with Crippen LogP contribution in [-0.4, -0.2) is 24.8 Å². The molecular formula is C20H27BClNO3. The van der Waals surface area contributed by atoms with Crippen LogP contribution in [0, 0.1) is 17.3 Å². The van der Waals surface area contributed by atoms with Crippen LogP contribution in [-0.2, 0) is 15.7 Å². The van der Waals surface area contributed by atoms with Crippen molar-refractivity contribution in [3.05, 3.63) is 36.1 Å². The average Bonchev–Trinajstić information content (AvgIpc) is 3.15. The van der Waals surface area contributed by atoms with E-state index in [-0.39, 0.29) is 37.2 Å². The summed E-state index contributed by atoms with van der Waals surface area (Å²) in [5.74, 6) is 1.13. The molecule has 1 aromatic carbocycles. The van der Waals surface area contributed by atoms with Gasteiger partial charge in [0, 0.05) is 11.3 Å². The predicted molar refractivity (Wildman–Crippen MR) is 105 cm³/mol. The third kappa shape index (κ3) is 2.41. The van der Waals surface area contributed by atoms with Crippen LogP contribution in [0.2, 0.25) is 0 Å². The number of rotatable bonds is 3. The molecule has 0 unspecified atom stereocenters. The molecule has 0 spiro atoms. The van der Waals surface area contributed by atoms with E-state index in [9.17, 15) is 0 Å². The monoisotopic (exact) mass is 375 g/mol. The fraction of sp³-hybridized carbons (Fsp3) is 0.600. The molecule has 2 N–H and O–H groups in total. The van der Waals surface area contributed by atoms with E-state index in [4.69, 9.17) is 19.5 Å². The van der Waals surface area contributed by atoms with E-state index in [1.165, 1.54) is 6.42 Å². The van der Waals surface area contributed by atoms with Gasteiger partial charge >= 0.3 is 7.12 Å². The normalized spacial score (nSPS) is 35.5. The number of halogens is 1. The molecule has 4 aliphatic rings. The zero-order valence-electron chi connectivity index (χ0n) is 15.6. The Morgan fingerprint density at radius 3 is 2.77 bits per heavy atom. The second kappa shape index (κ2) is 6.00. The van der Waals surface area contributed by atoms with Gasteiger partial charge in [-0.15, -0.1) is 12.4 Å². The lowest BCUT2D eigenvalue weighted by atomic mass is 9.43. The molecule has 5 atom stereocenters. The van der Waals surface area contributed by atoms with Crippen LogP contribution >= 0.6 is 12.4 Å². The molecule has 4 nitrogen and oxygen atoms in total. The van der Waals surface area contributed by atoms with Crippen LogP contribution in [0.1, 0.15) is 39.2 Å². The van der Waals surface area contributed by atoms with Gasteiger partial charge in [-0.25, -0.2) is 0 Å². The molecule has 2 heterocycles. The van der Waals surface area contributed by atoms with Crippen molar-refractivity contribution in [2.45, 2.75) is 57.7 Å². The first-order chi connectivity index (χ1) is 11.9. The maximum atomic E-state index is 6.51. The zero-order valence-corrected chi connectivity index (χ0v) is 16.4. The van der Waals surface area contributed by atoms with E-state index in [1.807, 2.05) is 24.5 Å². The Balaban J connectivity index is 0.00000168. The Morgan fingerprint density at radius 1 is 1.23 bits per heavy atom. The third-order valence-corrected chi connectivity index (χ3v) is 7.34. The highest BCUT2D eigenvalue weighted by molar-refractivity contribution is 6.47. The van der Waals surface area contributed by atoms with Crippen LogP contribution in [0.5, 0.6) is 0 Å². The molecule has 0 amide bonds. The Labute approximate surface area is 161 Å². The number of furan rings is 1. The summed E-state index contributed by atoms with van der Waals surface area (Å²) in [5.41, 5.74) is 8.70. The molecule has 1 aliphatic heterocycles. The van der Waals surface area contributed by atoms with Gasteiger partial charge in [-0.1, -0.05) is 32.0 Å². The third-order valence-electron chi connectivity index (χ3n) is 7.34. The highest BCUT2D eigenvalue weighted by Gasteiger charge is 2.68. The maximum Gasteiger partial charge on any atom is 0.475 e. The zero-order chi connectivity index (χ0) is 17.4. The summed E-state index contributed by atoms with van der Waals surface area (Å²) in [4.78, 5) is 0. The van der Waals surface area contributed by atoms with Crippen LogP contribution in [0.4, 0.5) is 0 Å². The van der Waals surface area contributed by atoms with Crippen molar-refractivity contribution < 1.29 is 13.7 Å². The van der Waals surface area contributed by atoms with Crippen molar-refractivity contribution in [3.63, 3.8) is 0 Å². The molecule has 0 radical (unpaired) electrons. The number of hydrogen-bond donors (Lipinski definition) is 1. The first-order valence-corrected chi connectivity index (χ1v) is 9.43. The standard InChI is InChI=1S/C20H26BNO3.ClH/c1-19(2)13-9-16(19)20(3)17(10-13)24-21(25-20)18(22)8-12-11-23-15-7-5-4-6-14(12)15;/h4-7,11,13,16-18H,8-10,22H2,1-3H3;1H/t13-,16-,17+,18-,20-;/m0./s1. The Kier molecular flexibility index (Phi) is 4.24. The number of hydrogen-bond acceptors (Lipinski definition) is 4. The minimum atomic E-state index is -0.334. The van der Waals surface area contributed by atoms with E-state index in [2.05, 4.69) is 26.8 Å². The summed E-state index contributed by atoms with van der Waals surface area (Å²) in [6.45, 7) is 6.99. The van der Waals surface area contributed by atoms with Gasteiger partial charge in [0.05, 0.1) is 18.0 Å². The Bertz CT molecular complexity index is 824. The van der Waals surface area contributed by atoms with Gasteiger partial charge in [-0.2, -0.15) is 0 Å². The lowest BCUT2D eigenvalue weighted by molar-refractivity contribution is -0.199. The van der Waals surface area contributed by atoms with Gasteiger partial charge in [0.2, 0.25) is 0 Å². The van der Waals surface area contributed by atoms with Crippen molar-refractivity contribution in [3.8, 4) is 0 Å². The van der Waals surface area contributed by atoms with E-state index in [0.717, 1.165) is 28.9 Å². The first kappa shape index (κ1) is 18.4. The summed E-state index contributed by atoms with van der Waals surface area (Å²) >= 11 is 0. The van der Waals surface area contributed by atoms with Gasteiger partial charge in [0.15, 0.2) is 0 Å². The predicted octanol–water partition coefficient (Wildman–Crippen LogP) is 3.99. The second-order valence-corrected chi connectivity index (χ2v) is 8.96. The fourth-order valence-corrected chi connectivity index (χ4v) is 5.62. The summed E-state index contributed by atoms with van der Waals surface area (Å²) in [7, 11) is -0.334. The van der Waals surface area contributed by atoms with Gasteiger partial charge in [0.25, 0.3) is 0 Å². The molecule has 3 saturated carbocycles. The van der Waals surface area contributed by atoms with Crippen LogP contribution in [0.3, 0.4) is 0 Å². The van der Waals surface area contributed by atoms with Crippen molar-refractivity contribution >= 4 is 30.5 Å². The Morgan fingerprint density at radius 2 is 2.00 bits per heavy atom. The Hall–Kier alpha value is -1.01. The number of para-hydroxylation sites is 1. The van der Waals surface area contributed by atoms with E-state index in [0.29, 0.717) is 17.8 Å². The molecule has 1 aromatic heterocycles. The van der Waals surface area contributed by atoms with Crippen molar-refractivity contribution in [2.75, 3.05) is 0 Å². The molecule has 6 heteroatoms. The van der Waals surface area contributed by atoms with Gasteiger partial charge < -0.3 is 19.5 Å². The van der Waals surface area contributed by atoms with Crippen LogP contribution in [0.25, 0.3) is 11.0 Å². The largest absolute Gasteiger partial charge is 0.475 e. The molecule has 2 bridgehead atoms. The number of benzene rings is 1. The lowest BCUT2D eigenvalue weighted by Gasteiger charge is -2.64. The maximum absolute atomic E-state index is 6.51. The number of nitrogens with two attached hydrogens (primary N) is 1. The molecule has 140 valence electrons. The van der Waals surface area contributed by atoms with Crippen molar-refractivity contribution in [2.24, 2.45) is 23.0 Å². The molecule has 3 aliphatic carbocycles. The molecule has 26 heavy (non-hydrogen) atoms. The lowest BCUT2D eigenvalue weighted by Crippen LogP contribution is -2.65. The topological polar surface area (TPSA) is 57.6 Å². The minimum absolute atomic E-state index is 0. The molecular weight excluding hydrogens is 348 g/mol. The minimum Gasteiger partial charge on any atom is -0.464 e. The van der Waals surface area contributed by atoms with Crippen molar-refractivity contribution in [1.29, 1.82) is 0 Å². The first-order valence-electron chi connectivity index (χ1n) is 9.43. The molecule has 1 saturated heterocycles. The van der Waals surface area contributed by atoms with Gasteiger partial charge in [0.1, 0.15) is 5.58 Å². The summed E-state index contributed by atoms with van der Waals surface area (Å²) in [6.07, 6.45) is 5.05. The van der Waals surface area contributed by atoms with E-state index < -0.39 is 0 Å². The van der Waals surface area contributed by atoms with Crippen LogP contribution < -0.4 is 5.73 Å². The number of fused-ring (bicyclic) bond motifs is 1. The van der Waals surface area contributed by atoms with Crippen molar-refractivity contribution in [1.82, 2.24) is 0 Å². The highest BCUT2D eigenvalue weighted by atomic mass is 35.5. The smallest absolute Gasteiger partial charge is 0.464 e. The van der Waals surface area contributed by atoms with Crippen LogP contribution in [0.15, 0.2) is 34.9 Å².